The van der Waals surface area contributed by atoms with Crippen LogP contribution in [0.2, 0.25) is 5.28 Å². The largest absolute Gasteiger partial charge is 0.265 e. The first-order valence-electron chi connectivity index (χ1n) is 4.35. The number of nitrogens with zero attached hydrogens (tertiary/aromatic N) is 4. The minimum absolute atomic E-state index is 0.0484. The summed E-state index contributed by atoms with van der Waals surface area (Å²) in [7, 11) is 0. The van der Waals surface area contributed by atoms with Gasteiger partial charge in [0.2, 0.25) is 5.28 Å². The maximum Gasteiger partial charge on any atom is 0.223 e. The number of fused-ring (bicyclic) bond motifs is 1. The lowest BCUT2D eigenvalue weighted by molar-refractivity contribution is 0.358. The van der Waals surface area contributed by atoms with Crippen molar-refractivity contribution in [1.29, 1.82) is 0 Å². The van der Waals surface area contributed by atoms with Crippen LogP contribution in [-0.4, -0.2) is 19.7 Å². The predicted octanol–water partition coefficient (Wildman–Crippen LogP) is 2.23. The van der Waals surface area contributed by atoms with E-state index < -0.39 is 0 Å². The second-order valence-electron chi connectivity index (χ2n) is 4.15. The Morgan fingerprint density at radius 3 is 2.64 bits per heavy atom. The van der Waals surface area contributed by atoms with Gasteiger partial charge in [0, 0.05) is 0 Å². The van der Waals surface area contributed by atoms with Crippen molar-refractivity contribution in [3.05, 3.63) is 17.7 Å². The van der Waals surface area contributed by atoms with Crippen LogP contribution in [0.1, 0.15) is 20.8 Å². The standard InChI is InChI=1S/C9H11ClN4/c1-9(2,3)14-5-7-6(13-14)4-11-8(10)12-7/h4-5H,1-3H3. The molecule has 14 heavy (non-hydrogen) atoms. The van der Waals surface area contributed by atoms with Gasteiger partial charge in [0.15, 0.2) is 0 Å². The van der Waals surface area contributed by atoms with Crippen molar-refractivity contribution in [3.8, 4) is 0 Å². The number of rotatable bonds is 0. The molecule has 0 fully saturated rings. The van der Waals surface area contributed by atoms with Crippen LogP contribution in [-0.2, 0) is 5.54 Å². The van der Waals surface area contributed by atoms with Crippen LogP contribution >= 0.6 is 11.6 Å². The van der Waals surface area contributed by atoms with Gasteiger partial charge >= 0.3 is 0 Å². The zero-order valence-corrected chi connectivity index (χ0v) is 9.08. The summed E-state index contributed by atoms with van der Waals surface area (Å²) in [6.07, 6.45) is 3.51. The van der Waals surface area contributed by atoms with Crippen molar-refractivity contribution in [2.45, 2.75) is 26.3 Å². The summed E-state index contributed by atoms with van der Waals surface area (Å²) in [4.78, 5) is 7.96. The van der Waals surface area contributed by atoms with Gasteiger partial charge in [-0.15, -0.1) is 0 Å². The molecule has 2 heterocycles. The molecule has 0 aromatic carbocycles. The summed E-state index contributed by atoms with van der Waals surface area (Å²) in [5.41, 5.74) is 1.50. The smallest absolute Gasteiger partial charge is 0.223 e. The summed E-state index contributed by atoms with van der Waals surface area (Å²) in [5, 5.41) is 4.61. The second-order valence-corrected chi connectivity index (χ2v) is 4.49. The van der Waals surface area contributed by atoms with E-state index in [9.17, 15) is 0 Å². The monoisotopic (exact) mass is 210 g/mol. The molecule has 0 amide bonds. The van der Waals surface area contributed by atoms with Gasteiger partial charge in [0.05, 0.1) is 17.9 Å². The van der Waals surface area contributed by atoms with Crippen LogP contribution in [0.15, 0.2) is 12.4 Å². The Morgan fingerprint density at radius 2 is 2.00 bits per heavy atom. The zero-order chi connectivity index (χ0) is 10.3. The molecule has 0 spiro atoms. The summed E-state index contributed by atoms with van der Waals surface area (Å²) >= 11 is 5.68. The van der Waals surface area contributed by atoms with E-state index in [0.29, 0.717) is 0 Å². The molecule has 0 unspecified atom stereocenters. The number of hydrogen-bond donors (Lipinski definition) is 0. The Labute approximate surface area is 86.9 Å². The minimum Gasteiger partial charge on any atom is -0.265 e. The van der Waals surface area contributed by atoms with Crippen molar-refractivity contribution in [2.24, 2.45) is 0 Å². The first-order valence-corrected chi connectivity index (χ1v) is 4.73. The van der Waals surface area contributed by atoms with Crippen LogP contribution in [0.5, 0.6) is 0 Å². The summed E-state index contributed by atoms with van der Waals surface area (Å²) < 4.78 is 1.86. The van der Waals surface area contributed by atoms with Crippen molar-refractivity contribution < 1.29 is 0 Å². The maximum atomic E-state index is 5.68. The average molecular weight is 211 g/mol. The van der Waals surface area contributed by atoms with Gasteiger partial charge in [-0.3, -0.25) is 4.68 Å². The molecule has 2 aromatic heterocycles. The van der Waals surface area contributed by atoms with Gasteiger partial charge < -0.3 is 0 Å². The lowest BCUT2D eigenvalue weighted by Gasteiger charge is -2.18. The van der Waals surface area contributed by atoms with Crippen molar-refractivity contribution in [2.75, 3.05) is 0 Å². The number of aromatic nitrogens is 4. The fourth-order valence-electron chi connectivity index (χ4n) is 1.14. The Hall–Kier alpha value is -1.16. The predicted molar refractivity (Wildman–Crippen MR) is 55.3 cm³/mol. The maximum absolute atomic E-state index is 5.68. The van der Waals surface area contributed by atoms with Crippen LogP contribution in [0.4, 0.5) is 0 Å². The molecule has 74 valence electrons. The molecule has 0 bridgehead atoms. The molecule has 0 aliphatic carbocycles. The van der Waals surface area contributed by atoms with E-state index in [0.717, 1.165) is 11.0 Å². The van der Waals surface area contributed by atoms with Gasteiger partial charge in [0.25, 0.3) is 0 Å². The Balaban J connectivity index is 2.63. The van der Waals surface area contributed by atoms with Gasteiger partial charge in [-0.2, -0.15) is 5.10 Å². The van der Waals surface area contributed by atoms with Crippen molar-refractivity contribution in [1.82, 2.24) is 19.7 Å². The van der Waals surface area contributed by atoms with Crippen LogP contribution in [0.3, 0.4) is 0 Å². The molecule has 0 radical (unpaired) electrons. The Bertz CT molecular complexity index is 469. The first-order chi connectivity index (χ1) is 6.47. The summed E-state index contributed by atoms with van der Waals surface area (Å²) in [5.74, 6) is 0. The molecule has 2 rings (SSSR count). The van der Waals surface area contributed by atoms with Crippen molar-refractivity contribution in [3.63, 3.8) is 0 Å². The average Bonchev–Trinajstić information content (AvgIpc) is 2.45. The Morgan fingerprint density at radius 1 is 1.29 bits per heavy atom. The molecular formula is C9H11ClN4. The molecular weight excluding hydrogens is 200 g/mol. The third-order valence-electron chi connectivity index (χ3n) is 1.92. The minimum atomic E-state index is -0.0484. The fraction of sp³-hybridized carbons (Fsp3) is 0.444. The number of hydrogen-bond acceptors (Lipinski definition) is 3. The molecule has 0 saturated carbocycles. The third-order valence-corrected chi connectivity index (χ3v) is 2.10. The van der Waals surface area contributed by atoms with Crippen LogP contribution < -0.4 is 0 Å². The lowest BCUT2D eigenvalue weighted by atomic mass is 10.1. The highest BCUT2D eigenvalue weighted by Crippen LogP contribution is 2.17. The van der Waals surface area contributed by atoms with Gasteiger partial charge in [0.1, 0.15) is 11.0 Å². The number of halogens is 1. The topological polar surface area (TPSA) is 43.6 Å². The lowest BCUT2D eigenvalue weighted by Crippen LogP contribution is -2.21. The molecule has 0 aliphatic heterocycles. The van der Waals surface area contributed by atoms with E-state index >= 15 is 0 Å². The van der Waals surface area contributed by atoms with E-state index in [1.54, 1.807) is 6.20 Å². The van der Waals surface area contributed by atoms with E-state index in [2.05, 4.69) is 35.8 Å². The third kappa shape index (κ3) is 1.57. The molecule has 4 nitrogen and oxygen atoms in total. The fourth-order valence-corrected chi connectivity index (χ4v) is 1.28. The van der Waals surface area contributed by atoms with E-state index in [1.165, 1.54) is 0 Å². The first kappa shape index (κ1) is 9.40. The SMILES string of the molecule is CC(C)(C)n1cc2nc(Cl)ncc2n1. The van der Waals surface area contributed by atoms with Gasteiger partial charge in [-0.05, 0) is 32.4 Å². The highest BCUT2D eigenvalue weighted by atomic mass is 35.5. The van der Waals surface area contributed by atoms with Crippen LogP contribution in [0.25, 0.3) is 11.0 Å². The van der Waals surface area contributed by atoms with Crippen molar-refractivity contribution >= 4 is 22.6 Å². The van der Waals surface area contributed by atoms with E-state index in [4.69, 9.17) is 11.6 Å². The molecule has 5 heteroatoms. The normalized spacial score (nSPS) is 12.3. The summed E-state index contributed by atoms with van der Waals surface area (Å²) in [6.45, 7) is 6.23. The van der Waals surface area contributed by atoms with E-state index in [1.807, 2.05) is 10.9 Å². The molecule has 2 aromatic rings. The molecule has 0 N–H and O–H groups in total. The molecule has 0 saturated heterocycles. The van der Waals surface area contributed by atoms with Gasteiger partial charge in [-0.25, -0.2) is 9.97 Å². The van der Waals surface area contributed by atoms with E-state index in [-0.39, 0.29) is 10.8 Å². The van der Waals surface area contributed by atoms with Crippen LogP contribution in [0, 0.1) is 0 Å². The van der Waals surface area contributed by atoms with Gasteiger partial charge in [-0.1, -0.05) is 0 Å². The highest BCUT2D eigenvalue weighted by Gasteiger charge is 2.15. The second kappa shape index (κ2) is 2.92. The summed E-state index contributed by atoms with van der Waals surface area (Å²) in [6, 6.07) is 0. The zero-order valence-electron chi connectivity index (χ0n) is 8.32. The highest BCUT2D eigenvalue weighted by molar-refractivity contribution is 6.28. The molecule has 0 aliphatic rings. The molecule has 0 atom stereocenters. The Kier molecular flexibility index (Phi) is 1.96. The quantitative estimate of drug-likeness (QED) is 0.627.